The molecule has 2 atom stereocenters. The van der Waals surface area contributed by atoms with Crippen molar-refractivity contribution in [3.05, 3.63) is 34.6 Å². The molecule has 0 aliphatic heterocycles. The van der Waals surface area contributed by atoms with Crippen molar-refractivity contribution in [2.24, 2.45) is 11.7 Å². The number of ketones is 1. The number of halogens is 2. The Labute approximate surface area is 119 Å². The average Bonchev–Trinajstić information content (AvgIpc) is 2.33. The van der Waals surface area contributed by atoms with E-state index in [0.717, 1.165) is 19.3 Å². The first-order valence-corrected chi connectivity index (χ1v) is 7.00. The SMILES string of the molecule is CC(N)CCCC(C)C(=O)Cc1cc(Cl)ccc1F. The first-order valence-electron chi connectivity index (χ1n) is 6.62. The van der Waals surface area contributed by atoms with Gasteiger partial charge in [0.2, 0.25) is 0 Å². The van der Waals surface area contributed by atoms with E-state index < -0.39 is 0 Å². The molecular formula is C15H21ClFNO. The summed E-state index contributed by atoms with van der Waals surface area (Å²) in [5.41, 5.74) is 6.04. The van der Waals surface area contributed by atoms with Crippen LogP contribution in [0.2, 0.25) is 5.02 Å². The lowest BCUT2D eigenvalue weighted by atomic mass is 9.94. The number of nitrogens with two attached hydrogens (primary N) is 1. The lowest BCUT2D eigenvalue weighted by molar-refractivity contribution is -0.122. The monoisotopic (exact) mass is 285 g/mol. The summed E-state index contributed by atoms with van der Waals surface area (Å²) in [5.74, 6) is -0.400. The van der Waals surface area contributed by atoms with Crippen molar-refractivity contribution in [2.45, 2.75) is 45.6 Å². The topological polar surface area (TPSA) is 43.1 Å². The number of hydrogen-bond donors (Lipinski definition) is 1. The number of Topliss-reactive ketones (excluding diaryl/α,β-unsaturated/α-hetero) is 1. The Hall–Kier alpha value is -0.930. The minimum Gasteiger partial charge on any atom is -0.328 e. The Bertz CT molecular complexity index is 434. The van der Waals surface area contributed by atoms with Crippen LogP contribution in [0.15, 0.2) is 18.2 Å². The van der Waals surface area contributed by atoms with Gasteiger partial charge in [0.05, 0.1) is 0 Å². The van der Waals surface area contributed by atoms with Crippen LogP contribution in [0.5, 0.6) is 0 Å². The quantitative estimate of drug-likeness (QED) is 0.829. The van der Waals surface area contributed by atoms with Crippen LogP contribution in [0.3, 0.4) is 0 Å². The zero-order valence-electron chi connectivity index (χ0n) is 11.5. The Balaban J connectivity index is 2.51. The highest BCUT2D eigenvalue weighted by atomic mass is 35.5. The summed E-state index contributed by atoms with van der Waals surface area (Å²) >= 11 is 5.81. The van der Waals surface area contributed by atoms with E-state index in [1.54, 1.807) is 0 Å². The maximum atomic E-state index is 13.5. The van der Waals surface area contributed by atoms with E-state index in [4.69, 9.17) is 17.3 Å². The van der Waals surface area contributed by atoms with Gasteiger partial charge in [-0.1, -0.05) is 24.9 Å². The fourth-order valence-electron chi connectivity index (χ4n) is 1.95. The molecule has 0 aromatic heterocycles. The fourth-order valence-corrected chi connectivity index (χ4v) is 2.14. The fraction of sp³-hybridized carbons (Fsp3) is 0.533. The second-order valence-corrected chi connectivity index (χ2v) is 5.62. The molecule has 1 aromatic rings. The summed E-state index contributed by atoms with van der Waals surface area (Å²) in [6.45, 7) is 3.83. The minimum absolute atomic E-state index is 0.0471. The van der Waals surface area contributed by atoms with E-state index in [-0.39, 0.29) is 30.0 Å². The first kappa shape index (κ1) is 16.1. The molecule has 1 rings (SSSR count). The van der Waals surface area contributed by atoms with Crippen LogP contribution < -0.4 is 5.73 Å². The normalized spacial score (nSPS) is 14.2. The molecule has 0 bridgehead atoms. The van der Waals surface area contributed by atoms with Gasteiger partial charge in [-0.2, -0.15) is 0 Å². The Kier molecular flexibility index (Phi) is 6.46. The molecule has 0 amide bonds. The van der Waals surface area contributed by atoms with E-state index in [9.17, 15) is 9.18 Å². The second kappa shape index (κ2) is 7.61. The first-order chi connectivity index (χ1) is 8.90. The van der Waals surface area contributed by atoms with Gasteiger partial charge in [-0.25, -0.2) is 4.39 Å². The highest BCUT2D eigenvalue weighted by molar-refractivity contribution is 6.30. The van der Waals surface area contributed by atoms with E-state index in [1.165, 1.54) is 18.2 Å². The van der Waals surface area contributed by atoms with Gasteiger partial charge in [0, 0.05) is 23.4 Å². The second-order valence-electron chi connectivity index (χ2n) is 5.19. The van der Waals surface area contributed by atoms with Gasteiger partial charge >= 0.3 is 0 Å². The zero-order chi connectivity index (χ0) is 14.4. The van der Waals surface area contributed by atoms with E-state index in [2.05, 4.69) is 0 Å². The van der Waals surface area contributed by atoms with Gasteiger partial charge in [-0.3, -0.25) is 4.79 Å². The zero-order valence-corrected chi connectivity index (χ0v) is 12.2. The van der Waals surface area contributed by atoms with Crippen molar-refractivity contribution in [3.63, 3.8) is 0 Å². The highest BCUT2D eigenvalue weighted by Gasteiger charge is 2.15. The van der Waals surface area contributed by atoms with Crippen molar-refractivity contribution in [2.75, 3.05) is 0 Å². The summed E-state index contributed by atoms with van der Waals surface area (Å²) < 4.78 is 13.5. The number of rotatable bonds is 7. The molecule has 0 aliphatic carbocycles. The molecule has 0 radical (unpaired) electrons. The van der Waals surface area contributed by atoms with E-state index in [0.29, 0.717) is 10.6 Å². The van der Waals surface area contributed by atoms with Crippen molar-refractivity contribution in [1.82, 2.24) is 0 Å². The predicted molar refractivity (Wildman–Crippen MR) is 76.8 cm³/mol. The molecule has 0 fully saturated rings. The van der Waals surface area contributed by atoms with Crippen molar-refractivity contribution in [1.29, 1.82) is 0 Å². The Morgan fingerprint density at radius 3 is 2.68 bits per heavy atom. The van der Waals surface area contributed by atoms with Gasteiger partial charge in [0.15, 0.2) is 0 Å². The standard InChI is InChI=1S/C15H21ClFNO/c1-10(4-3-5-11(2)18)15(19)9-12-8-13(16)6-7-14(12)17/h6-8,10-11H,3-5,9,18H2,1-2H3. The van der Waals surface area contributed by atoms with Crippen LogP contribution in [0.4, 0.5) is 4.39 Å². The van der Waals surface area contributed by atoms with Crippen LogP contribution in [0.1, 0.15) is 38.7 Å². The van der Waals surface area contributed by atoms with Crippen LogP contribution in [0, 0.1) is 11.7 Å². The van der Waals surface area contributed by atoms with Crippen LogP contribution >= 0.6 is 11.6 Å². The van der Waals surface area contributed by atoms with E-state index >= 15 is 0 Å². The molecule has 19 heavy (non-hydrogen) atoms. The highest BCUT2D eigenvalue weighted by Crippen LogP contribution is 2.18. The molecule has 0 saturated carbocycles. The predicted octanol–water partition coefficient (Wildman–Crippen LogP) is 3.74. The van der Waals surface area contributed by atoms with Crippen molar-refractivity contribution < 1.29 is 9.18 Å². The molecule has 0 saturated heterocycles. The molecule has 106 valence electrons. The van der Waals surface area contributed by atoms with Crippen LogP contribution in [-0.2, 0) is 11.2 Å². The van der Waals surface area contributed by atoms with Crippen LogP contribution in [-0.4, -0.2) is 11.8 Å². The van der Waals surface area contributed by atoms with E-state index in [1.807, 2.05) is 13.8 Å². The smallest absolute Gasteiger partial charge is 0.140 e. The molecule has 2 nitrogen and oxygen atoms in total. The molecule has 0 spiro atoms. The number of carbonyl (C=O) groups excluding carboxylic acids is 1. The third-order valence-corrected chi connectivity index (χ3v) is 3.45. The lowest BCUT2D eigenvalue weighted by Gasteiger charge is -2.12. The third kappa shape index (κ3) is 5.70. The molecule has 2 unspecified atom stereocenters. The largest absolute Gasteiger partial charge is 0.328 e. The Morgan fingerprint density at radius 2 is 2.05 bits per heavy atom. The minimum atomic E-state index is -0.375. The summed E-state index contributed by atoms with van der Waals surface area (Å²) in [6, 6.07) is 4.46. The molecule has 4 heteroatoms. The molecule has 0 aliphatic rings. The van der Waals surface area contributed by atoms with Gasteiger partial charge in [-0.15, -0.1) is 0 Å². The average molecular weight is 286 g/mol. The lowest BCUT2D eigenvalue weighted by Crippen LogP contribution is -2.17. The molecular weight excluding hydrogens is 265 g/mol. The van der Waals surface area contributed by atoms with Gasteiger partial charge in [0.1, 0.15) is 11.6 Å². The van der Waals surface area contributed by atoms with Gasteiger partial charge in [-0.05, 0) is 43.5 Å². The van der Waals surface area contributed by atoms with Crippen molar-refractivity contribution in [3.8, 4) is 0 Å². The third-order valence-electron chi connectivity index (χ3n) is 3.22. The summed E-state index contributed by atoms with van der Waals surface area (Å²) in [7, 11) is 0. The summed E-state index contributed by atoms with van der Waals surface area (Å²) in [4.78, 5) is 12.0. The number of benzene rings is 1. The van der Waals surface area contributed by atoms with Crippen molar-refractivity contribution >= 4 is 17.4 Å². The van der Waals surface area contributed by atoms with Crippen LogP contribution in [0.25, 0.3) is 0 Å². The van der Waals surface area contributed by atoms with Gasteiger partial charge in [0.25, 0.3) is 0 Å². The summed E-state index contributed by atoms with van der Waals surface area (Å²) in [5, 5.41) is 0.453. The maximum Gasteiger partial charge on any atom is 0.140 e. The molecule has 2 N–H and O–H groups in total. The number of hydrogen-bond acceptors (Lipinski definition) is 2. The number of carbonyl (C=O) groups is 1. The molecule has 1 aromatic carbocycles. The maximum absolute atomic E-state index is 13.5. The molecule has 0 heterocycles. The summed E-state index contributed by atoms with van der Waals surface area (Å²) in [6.07, 6.45) is 2.72. The van der Waals surface area contributed by atoms with Gasteiger partial charge < -0.3 is 5.73 Å². The Morgan fingerprint density at radius 1 is 1.37 bits per heavy atom.